The predicted octanol–water partition coefficient (Wildman–Crippen LogP) is 10.9. The van der Waals surface area contributed by atoms with Crippen LogP contribution in [0.1, 0.15) is 142 Å². The van der Waals surface area contributed by atoms with Crippen molar-refractivity contribution in [2.24, 2.45) is 0 Å². The van der Waals surface area contributed by atoms with Crippen LogP contribution in [0.25, 0.3) is 22.5 Å². The van der Waals surface area contributed by atoms with E-state index in [-0.39, 0.29) is 45.2 Å². The molecule has 0 bridgehead atoms. The van der Waals surface area contributed by atoms with E-state index in [2.05, 4.69) is 123 Å². The highest BCUT2D eigenvalue weighted by Gasteiger charge is 2.38. The van der Waals surface area contributed by atoms with Crippen LogP contribution < -0.4 is 15.1 Å². The number of carbonyl (C=O) groups excluding carboxylic acids is 1. The molecule has 4 aliphatic rings. The maximum absolute atomic E-state index is 9.60. The lowest BCUT2D eigenvalue weighted by molar-refractivity contribution is -0.107. The summed E-state index contributed by atoms with van der Waals surface area (Å²) in [5.74, 6) is 0. The van der Waals surface area contributed by atoms with Gasteiger partial charge in [0.25, 0.3) is 0 Å². The minimum atomic E-state index is 0. The van der Waals surface area contributed by atoms with Crippen LogP contribution in [0.2, 0.25) is 0 Å². The van der Waals surface area contributed by atoms with Gasteiger partial charge in [0.15, 0.2) is 10.3 Å². The highest BCUT2D eigenvalue weighted by Crippen LogP contribution is 2.48. The van der Waals surface area contributed by atoms with Gasteiger partial charge in [0.2, 0.25) is 0 Å². The molecule has 4 heterocycles. The molecule has 9 nitrogen and oxygen atoms in total. The molecule has 2 aromatic heterocycles. The number of carbonyl (C=O) groups is 1. The Labute approximate surface area is 404 Å². The minimum Gasteiger partial charge on any atom is -0.396 e. The molecule has 0 spiro atoms. The molecular formula is C52H79BrN6O3S2. The second-order valence-corrected chi connectivity index (χ2v) is 22.5. The van der Waals surface area contributed by atoms with E-state index in [1.807, 2.05) is 0 Å². The van der Waals surface area contributed by atoms with E-state index in [0.717, 1.165) is 113 Å². The number of hydrogen-bond donors (Lipinski definition) is 3. The maximum Gasteiger partial charge on any atom is 0.185 e. The SMILES string of the molecule is Br.CC1(C)CCC(C)(C)c2cc(-c3csc(N4CCN(CCCCCO)CC4)n3)ccc21.CC1(C)CCC(C)(C)c2cc(-c3csc(N4CCNCC4)n3)ccc21.O=CCCCCO. The number of rotatable bonds is 13. The number of halogens is 1. The Bertz CT molecular complexity index is 2060. The Morgan fingerprint density at radius 2 is 1.03 bits per heavy atom. The first-order chi connectivity index (χ1) is 30.1. The van der Waals surface area contributed by atoms with Crippen molar-refractivity contribution in [3.8, 4) is 22.5 Å². The number of aliphatic hydroxyl groups is 2. The number of aliphatic hydroxyl groups excluding tert-OH is 2. The molecule has 0 radical (unpaired) electrons. The number of anilines is 2. The third kappa shape index (κ3) is 13.3. The van der Waals surface area contributed by atoms with E-state index in [1.54, 1.807) is 22.7 Å². The zero-order chi connectivity index (χ0) is 45.3. The van der Waals surface area contributed by atoms with Crippen LogP contribution in [0.5, 0.6) is 0 Å². The van der Waals surface area contributed by atoms with E-state index in [4.69, 9.17) is 20.2 Å². The number of piperazine rings is 2. The van der Waals surface area contributed by atoms with Gasteiger partial charge < -0.3 is 30.1 Å². The average molecular weight is 980 g/mol. The van der Waals surface area contributed by atoms with Crippen LogP contribution in [-0.4, -0.2) is 103 Å². The topological polar surface area (TPSA) is 105 Å². The van der Waals surface area contributed by atoms with Crippen molar-refractivity contribution < 1.29 is 15.0 Å². The molecule has 0 atom stereocenters. The normalized spacial score (nSPS) is 19.5. The van der Waals surface area contributed by atoms with Crippen molar-refractivity contribution >= 4 is 56.2 Å². The summed E-state index contributed by atoms with van der Waals surface area (Å²) < 4.78 is 0. The zero-order valence-corrected chi connectivity index (χ0v) is 43.7. The lowest BCUT2D eigenvalue weighted by Crippen LogP contribution is -2.46. The Balaban J connectivity index is 0.000000210. The number of fused-ring (bicyclic) bond motifs is 2. The van der Waals surface area contributed by atoms with Gasteiger partial charge >= 0.3 is 0 Å². The fourth-order valence-electron chi connectivity index (χ4n) is 9.56. The Hall–Kier alpha value is -2.71. The van der Waals surface area contributed by atoms with E-state index in [1.165, 1.54) is 65.5 Å². The van der Waals surface area contributed by atoms with Crippen molar-refractivity contribution in [1.82, 2.24) is 20.2 Å². The monoisotopic (exact) mass is 978 g/mol. The summed E-state index contributed by atoms with van der Waals surface area (Å²) in [6.07, 6.45) is 11.3. The van der Waals surface area contributed by atoms with Gasteiger partial charge in [0, 0.05) is 93.9 Å². The van der Waals surface area contributed by atoms with Gasteiger partial charge in [0.1, 0.15) is 6.29 Å². The smallest absolute Gasteiger partial charge is 0.185 e. The standard InChI is InChI=1S/C26H39N3OS.C21H29N3S.C5H10O2.BrH/c1-25(2)10-11-26(3,4)22-18-20(8-9-21(22)25)23-19-31-24(27-23)29-15-13-28(14-16-29)12-6-5-7-17-30;1-20(2)7-8-21(3,4)17-13-15(5-6-16(17)20)18-14-25-19(23-18)24-11-9-22-10-12-24;6-4-2-1-3-5-7;/h8-9,18-19,30H,5-7,10-17H2,1-4H3;5-6,13-14,22H,7-12H2,1-4H3;4,7H,1-3,5H2;1H. The summed E-state index contributed by atoms with van der Waals surface area (Å²) in [7, 11) is 0. The third-order valence-electron chi connectivity index (χ3n) is 14.2. The van der Waals surface area contributed by atoms with E-state index >= 15 is 0 Å². The summed E-state index contributed by atoms with van der Waals surface area (Å²) in [5.41, 5.74) is 11.8. The van der Waals surface area contributed by atoms with Gasteiger partial charge in [-0.05, 0) is 120 Å². The number of thiazole rings is 2. The fraction of sp³-hybridized carbons (Fsp3) is 0.635. The first-order valence-electron chi connectivity index (χ1n) is 23.9. The van der Waals surface area contributed by atoms with Crippen molar-refractivity contribution in [2.45, 2.75) is 141 Å². The van der Waals surface area contributed by atoms with Gasteiger partial charge in [-0.3, -0.25) is 4.90 Å². The quantitative estimate of drug-likeness (QED) is 0.0892. The summed E-state index contributed by atoms with van der Waals surface area (Å²) in [6.45, 7) is 29.3. The number of aromatic nitrogens is 2. The number of hydrogen-bond acceptors (Lipinski definition) is 11. The number of nitrogens with one attached hydrogen (secondary N) is 1. The number of benzene rings is 2. The van der Waals surface area contributed by atoms with Gasteiger partial charge in [-0.2, -0.15) is 0 Å². The molecule has 12 heteroatoms. The van der Waals surface area contributed by atoms with Crippen molar-refractivity contribution in [2.75, 3.05) is 81.9 Å². The van der Waals surface area contributed by atoms with Crippen molar-refractivity contribution in [1.29, 1.82) is 0 Å². The van der Waals surface area contributed by atoms with Crippen LogP contribution in [0.3, 0.4) is 0 Å². The molecule has 3 N–H and O–H groups in total. The summed E-state index contributed by atoms with van der Waals surface area (Å²) in [5, 5.41) is 27.3. The molecule has 2 saturated heterocycles. The van der Waals surface area contributed by atoms with Crippen molar-refractivity contribution in [3.05, 3.63) is 69.4 Å². The van der Waals surface area contributed by atoms with Gasteiger partial charge in [-0.1, -0.05) is 79.7 Å². The fourth-order valence-corrected chi connectivity index (χ4v) is 11.3. The Kier molecular flexibility index (Phi) is 19.1. The first-order valence-corrected chi connectivity index (χ1v) is 25.6. The minimum absolute atomic E-state index is 0. The largest absolute Gasteiger partial charge is 0.396 e. The number of unbranched alkanes of at least 4 members (excludes halogenated alkanes) is 4. The van der Waals surface area contributed by atoms with E-state index in [9.17, 15) is 4.79 Å². The van der Waals surface area contributed by atoms with Crippen LogP contribution in [0, 0.1) is 0 Å². The Morgan fingerprint density at radius 3 is 1.48 bits per heavy atom. The van der Waals surface area contributed by atoms with E-state index in [0.29, 0.717) is 13.0 Å². The zero-order valence-electron chi connectivity index (χ0n) is 40.3. The number of aldehydes is 1. The van der Waals surface area contributed by atoms with Crippen molar-refractivity contribution in [3.63, 3.8) is 0 Å². The predicted molar refractivity (Wildman–Crippen MR) is 278 cm³/mol. The molecule has 0 saturated carbocycles. The number of nitrogens with zero attached hydrogens (tertiary/aromatic N) is 5. The van der Waals surface area contributed by atoms with Crippen LogP contribution in [0.4, 0.5) is 10.3 Å². The highest BCUT2D eigenvalue weighted by molar-refractivity contribution is 8.93. The second-order valence-electron chi connectivity index (χ2n) is 20.8. The Morgan fingerprint density at radius 1 is 0.594 bits per heavy atom. The van der Waals surface area contributed by atoms with Crippen LogP contribution in [-0.2, 0) is 26.5 Å². The molecule has 2 aliphatic heterocycles. The molecule has 354 valence electrons. The van der Waals surface area contributed by atoms with Crippen LogP contribution in [0.15, 0.2) is 47.2 Å². The molecule has 2 aliphatic carbocycles. The first kappa shape index (κ1) is 52.3. The molecule has 2 fully saturated rings. The maximum atomic E-state index is 9.60. The molecule has 4 aromatic rings. The van der Waals surface area contributed by atoms with Gasteiger partial charge in [-0.15, -0.1) is 39.7 Å². The van der Waals surface area contributed by atoms with Gasteiger partial charge in [-0.25, -0.2) is 9.97 Å². The third-order valence-corrected chi connectivity index (χ3v) is 16.0. The lowest BCUT2D eigenvalue weighted by Gasteiger charge is -2.42. The van der Waals surface area contributed by atoms with Gasteiger partial charge in [0.05, 0.1) is 11.4 Å². The second kappa shape index (κ2) is 23.3. The summed E-state index contributed by atoms with van der Waals surface area (Å²) in [4.78, 5) is 27.0. The lowest BCUT2D eigenvalue weighted by atomic mass is 9.63. The summed E-state index contributed by atoms with van der Waals surface area (Å²) in [6, 6.07) is 14.1. The van der Waals surface area contributed by atoms with Crippen LogP contribution >= 0.6 is 39.7 Å². The molecule has 0 unspecified atom stereocenters. The van der Waals surface area contributed by atoms with E-state index < -0.39 is 0 Å². The molecule has 0 amide bonds. The molecule has 64 heavy (non-hydrogen) atoms. The highest BCUT2D eigenvalue weighted by atomic mass is 79.9. The molecule has 2 aromatic carbocycles. The molecular weight excluding hydrogens is 901 g/mol. The molecule has 8 rings (SSSR count). The summed E-state index contributed by atoms with van der Waals surface area (Å²) >= 11 is 3.56. The average Bonchev–Trinajstić information content (AvgIpc) is 3.99.